The van der Waals surface area contributed by atoms with E-state index in [2.05, 4.69) is 9.68 Å². The molecule has 0 bridgehead atoms. The number of alkyl halides is 3. The lowest BCUT2D eigenvalue weighted by Crippen LogP contribution is -2.06. The summed E-state index contributed by atoms with van der Waals surface area (Å²) < 4.78 is 82.1. The molecule has 148 valence electrons. The molecule has 1 heterocycles. The molecule has 4 nitrogen and oxygen atoms in total. The van der Waals surface area contributed by atoms with Crippen molar-refractivity contribution in [3.05, 3.63) is 58.0 Å². The quantitative estimate of drug-likeness (QED) is 0.464. The summed E-state index contributed by atoms with van der Waals surface area (Å²) in [6, 6.07) is 6.62. The van der Waals surface area contributed by atoms with Crippen LogP contribution in [0.2, 0.25) is 10.0 Å². The van der Waals surface area contributed by atoms with Crippen LogP contribution in [0.5, 0.6) is 0 Å². The Balaban J connectivity index is 2.28. The zero-order chi connectivity index (χ0) is 20.9. The largest absolute Gasteiger partial charge is 0.453 e. The van der Waals surface area contributed by atoms with Crippen LogP contribution in [-0.4, -0.2) is 19.8 Å². The molecular weight excluding hydrogens is 445 g/mol. The second-order valence-corrected chi connectivity index (χ2v) is 8.58. The number of hydrogen-bond donors (Lipinski definition) is 0. The first-order valence-corrected chi connectivity index (χ1v) is 10.1. The Morgan fingerprint density at radius 1 is 1.00 bits per heavy atom. The molecular formula is C17H9Cl2F4NO3S. The second-order valence-electron chi connectivity index (χ2n) is 5.78. The van der Waals surface area contributed by atoms with E-state index < -0.39 is 38.0 Å². The van der Waals surface area contributed by atoms with Gasteiger partial charge in [0.1, 0.15) is 16.4 Å². The molecule has 1 aromatic heterocycles. The van der Waals surface area contributed by atoms with Crippen LogP contribution in [0.15, 0.2) is 45.8 Å². The standard InChI is InChI=1S/C17H9Cl2F4NO3S/c1-28(25,26)13-5-3-8(7-12(13)20)14-15(24-27-16(14)17(21,22)23)9-2-4-10(18)11(19)6-9/h2-7H,1H3. The molecule has 3 rings (SSSR count). The molecule has 3 aromatic rings. The van der Waals surface area contributed by atoms with Crippen molar-refractivity contribution in [1.29, 1.82) is 0 Å². The van der Waals surface area contributed by atoms with Crippen LogP contribution in [0, 0.1) is 5.82 Å². The summed E-state index contributed by atoms with van der Waals surface area (Å²) in [5, 5.41) is 3.71. The van der Waals surface area contributed by atoms with Crippen LogP contribution in [0.3, 0.4) is 0 Å². The van der Waals surface area contributed by atoms with Gasteiger partial charge in [-0.1, -0.05) is 40.5 Å². The SMILES string of the molecule is CS(=O)(=O)c1ccc(-c2c(-c3ccc(Cl)c(Cl)c3)noc2C(F)(F)F)cc1F. The number of nitrogens with zero attached hydrogens (tertiary/aromatic N) is 1. The summed E-state index contributed by atoms with van der Waals surface area (Å²) in [7, 11) is -3.90. The third-order valence-corrected chi connectivity index (χ3v) is 5.63. The lowest BCUT2D eigenvalue weighted by Gasteiger charge is -2.09. The molecule has 0 atom stereocenters. The Labute approximate surface area is 166 Å². The van der Waals surface area contributed by atoms with Crippen molar-refractivity contribution >= 4 is 33.0 Å². The molecule has 0 amide bonds. The summed E-state index contributed by atoms with van der Waals surface area (Å²) in [4.78, 5) is -0.641. The summed E-state index contributed by atoms with van der Waals surface area (Å²) >= 11 is 11.7. The van der Waals surface area contributed by atoms with E-state index in [1.165, 1.54) is 18.2 Å². The van der Waals surface area contributed by atoms with Crippen molar-refractivity contribution in [2.75, 3.05) is 6.26 Å². The van der Waals surface area contributed by atoms with Gasteiger partial charge in [0.05, 0.1) is 15.6 Å². The van der Waals surface area contributed by atoms with Crippen LogP contribution in [-0.2, 0) is 16.0 Å². The molecule has 0 aliphatic carbocycles. The van der Waals surface area contributed by atoms with Gasteiger partial charge >= 0.3 is 6.18 Å². The summed E-state index contributed by atoms with van der Waals surface area (Å²) in [6.45, 7) is 0. The molecule has 0 aliphatic heterocycles. The highest BCUT2D eigenvalue weighted by Gasteiger charge is 2.41. The van der Waals surface area contributed by atoms with E-state index in [1.807, 2.05) is 0 Å². The van der Waals surface area contributed by atoms with Gasteiger partial charge in [-0.05, 0) is 29.8 Å². The molecule has 0 fully saturated rings. The highest BCUT2D eigenvalue weighted by Crippen LogP contribution is 2.43. The van der Waals surface area contributed by atoms with Gasteiger partial charge in [-0.25, -0.2) is 12.8 Å². The van der Waals surface area contributed by atoms with Gasteiger partial charge in [-0.3, -0.25) is 0 Å². The molecule has 0 spiro atoms. The molecule has 28 heavy (non-hydrogen) atoms. The van der Waals surface area contributed by atoms with E-state index in [1.54, 1.807) is 0 Å². The fourth-order valence-electron chi connectivity index (χ4n) is 2.55. The van der Waals surface area contributed by atoms with Crippen molar-refractivity contribution in [2.24, 2.45) is 0 Å². The van der Waals surface area contributed by atoms with E-state index in [0.29, 0.717) is 6.07 Å². The molecule has 0 radical (unpaired) electrons. The summed E-state index contributed by atoms with van der Waals surface area (Å²) in [5.41, 5.74) is -0.918. The highest BCUT2D eigenvalue weighted by atomic mass is 35.5. The highest BCUT2D eigenvalue weighted by molar-refractivity contribution is 7.90. The van der Waals surface area contributed by atoms with Crippen LogP contribution < -0.4 is 0 Å². The number of aromatic nitrogens is 1. The normalized spacial score (nSPS) is 12.4. The van der Waals surface area contributed by atoms with Crippen molar-refractivity contribution in [1.82, 2.24) is 5.16 Å². The smallest absolute Gasteiger partial charge is 0.350 e. The molecule has 0 saturated carbocycles. The van der Waals surface area contributed by atoms with Crippen molar-refractivity contribution < 1.29 is 30.5 Å². The third-order valence-electron chi connectivity index (χ3n) is 3.76. The molecule has 0 saturated heterocycles. The first-order chi connectivity index (χ1) is 12.9. The Morgan fingerprint density at radius 2 is 1.64 bits per heavy atom. The maximum atomic E-state index is 14.3. The number of benzene rings is 2. The van der Waals surface area contributed by atoms with Crippen molar-refractivity contribution in [3.8, 4) is 22.4 Å². The zero-order valence-corrected chi connectivity index (χ0v) is 16.1. The lowest BCUT2D eigenvalue weighted by atomic mass is 9.99. The van der Waals surface area contributed by atoms with Crippen LogP contribution in [0.4, 0.5) is 17.6 Å². The lowest BCUT2D eigenvalue weighted by molar-refractivity contribution is -0.154. The average molecular weight is 454 g/mol. The molecule has 0 aliphatic rings. The van der Waals surface area contributed by atoms with Crippen LogP contribution in [0.25, 0.3) is 22.4 Å². The number of sulfone groups is 1. The van der Waals surface area contributed by atoms with E-state index >= 15 is 0 Å². The fraction of sp³-hybridized carbons (Fsp3) is 0.118. The monoisotopic (exact) mass is 453 g/mol. The van der Waals surface area contributed by atoms with E-state index in [9.17, 15) is 26.0 Å². The van der Waals surface area contributed by atoms with Gasteiger partial charge in [-0.2, -0.15) is 13.2 Å². The van der Waals surface area contributed by atoms with Gasteiger partial charge in [0.25, 0.3) is 0 Å². The van der Waals surface area contributed by atoms with Crippen molar-refractivity contribution in [2.45, 2.75) is 11.1 Å². The summed E-state index contributed by atoms with van der Waals surface area (Å²) in [6.07, 6.45) is -4.14. The molecule has 0 unspecified atom stereocenters. The Morgan fingerprint density at radius 3 is 2.18 bits per heavy atom. The topological polar surface area (TPSA) is 60.2 Å². The average Bonchev–Trinajstić information content (AvgIpc) is 3.01. The van der Waals surface area contributed by atoms with Gasteiger partial charge < -0.3 is 4.52 Å². The first-order valence-electron chi connectivity index (χ1n) is 7.42. The Bertz CT molecular complexity index is 1170. The predicted molar refractivity (Wildman–Crippen MR) is 95.5 cm³/mol. The maximum absolute atomic E-state index is 14.3. The number of hydrogen-bond acceptors (Lipinski definition) is 4. The van der Waals surface area contributed by atoms with E-state index in [4.69, 9.17) is 23.2 Å². The van der Waals surface area contributed by atoms with Gasteiger partial charge in [0.15, 0.2) is 9.84 Å². The minimum atomic E-state index is -4.93. The van der Waals surface area contributed by atoms with Crippen molar-refractivity contribution in [3.63, 3.8) is 0 Å². The Hall–Kier alpha value is -2.10. The molecule has 0 N–H and O–H groups in total. The zero-order valence-electron chi connectivity index (χ0n) is 13.8. The Kier molecular flexibility index (Phi) is 5.20. The maximum Gasteiger partial charge on any atom is 0.453 e. The van der Waals surface area contributed by atoms with Gasteiger partial charge in [-0.15, -0.1) is 0 Å². The van der Waals surface area contributed by atoms with Crippen LogP contribution >= 0.6 is 23.2 Å². The number of halogens is 6. The second kappa shape index (κ2) is 7.06. The number of rotatable bonds is 3. The van der Waals surface area contributed by atoms with Crippen LogP contribution in [0.1, 0.15) is 5.76 Å². The minimum absolute atomic E-state index is 0.0697. The first kappa shape index (κ1) is 20.6. The van der Waals surface area contributed by atoms with E-state index in [0.717, 1.165) is 18.4 Å². The van der Waals surface area contributed by atoms with Gasteiger partial charge in [0.2, 0.25) is 5.76 Å². The summed E-state index contributed by atoms with van der Waals surface area (Å²) in [5.74, 6) is -2.66. The minimum Gasteiger partial charge on any atom is -0.350 e. The third kappa shape index (κ3) is 3.87. The fourth-order valence-corrected chi connectivity index (χ4v) is 3.58. The predicted octanol–water partition coefficient (Wildman–Crippen LogP) is 5.88. The van der Waals surface area contributed by atoms with Gasteiger partial charge in [0, 0.05) is 11.8 Å². The van der Waals surface area contributed by atoms with E-state index in [-0.39, 0.29) is 26.9 Å². The molecule has 2 aromatic carbocycles. The molecule has 11 heteroatoms.